The van der Waals surface area contributed by atoms with Crippen molar-refractivity contribution < 1.29 is 4.42 Å². The van der Waals surface area contributed by atoms with Gasteiger partial charge in [0.15, 0.2) is 17.5 Å². The molecule has 0 fully saturated rings. The quantitative estimate of drug-likeness (QED) is 0.189. The lowest BCUT2D eigenvalue weighted by Gasteiger charge is -2.15. The second-order valence-corrected chi connectivity index (χ2v) is 11.9. The van der Waals surface area contributed by atoms with E-state index in [1.807, 2.05) is 60.7 Å². The molecule has 0 N–H and O–H groups in total. The molecule has 0 aliphatic rings. The van der Waals surface area contributed by atoms with Crippen LogP contribution in [0.4, 0.5) is 0 Å². The van der Waals surface area contributed by atoms with Crippen molar-refractivity contribution in [3.05, 3.63) is 152 Å². The van der Waals surface area contributed by atoms with Crippen molar-refractivity contribution in [1.29, 1.82) is 0 Å². The minimum Gasteiger partial charge on any atom is -0.455 e. The molecule has 2 aromatic heterocycles. The summed E-state index contributed by atoms with van der Waals surface area (Å²) in [5.41, 5.74) is 6.73. The van der Waals surface area contributed by atoms with Crippen molar-refractivity contribution in [2.24, 2.45) is 0 Å². The van der Waals surface area contributed by atoms with E-state index in [0.29, 0.717) is 17.5 Å². The SMILES string of the molecule is c1ccc(-c2nc(-c3ccccc3)nc(-c3cccc(-c4c5ccccc5c5c6ccccc6c6cccc7oc4c5c76)c3)n2)cc1. The third kappa shape index (κ3) is 3.92. The van der Waals surface area contributed by atoms with Gasteiger partial charge in [-0.15, -0.1) is 0 Å². The number of fused-ring (bicyclic) bond motifs is 5. The summed E-state index contributed by atoms with van der Waals surface area (Å²) in [4.78, 5) is 14.9. The van der Waals surface area contributed by atoms with Crippen molar-refractivity contribution in [1.82, 2.24) is 15.0 Å². The highest BCUT2D eigenvalue weighted by Crippen LogP contribution is 2.49. The van der Waals surface area contributed by atoms with Crippen molar-refractivity contribution in [2.45, 2.75) is 0 Å². The maximum absolute atomic E-state index is 6.84. The van der Waals surface area contributed by atoms with Gasteiger partial charge in [-0.1, -0.05) is 140 Å². The lowest BCUT2D eigenvalue weighted by atomic mass is 9.87. The summed E-state index contributed by atoms with van der Waals surface area (Å²) in [6, 6.07) is 52.5. The van der Waals surface area contributed by atoms with Gasteiger partial charge in [0.1, 0.15) is 11.2 Å². The zero-order chi connectivity index (χ0) is 30.9. The Kier molecular flexibility index (Phi) is 5.54. The monoisotopic (exact) mass is 599 g/mol. The van der Waals surface area contributed by atoms with Crippen LogP contribution < -0.4 is 0 Å². The first kappa shape index (κ1) is 25.9. The van der Waals surface area contributed by atoms with Gasteiger partial charge in [0, 0.05) is 38.4 Å². The minimum absolute atomic E-state index is 0.624. The molecule has 8 aromatic carbocycles. The highest BCUT2D eigenvalue weighted by atomic mass is 16.3. The van der Waals surface area contributed by atoms with Gasteiger partial charge in [-0.2, -0.15) is 0 Å². The van der Waals surface area contributed by atoms with Crippen LogP contribution in [-0.4, -0.2) is 15.0 Å². The molecule has 0 amide bonds. The lowest BCUT2D eigenvalue weighted by Crippen LogP contribution is -2.00. The Labute approximate surface area is 270 Å². The maximum Gasteiger partial charge on any atom is 0.164 e. The number of hydrogen-bond donors (Lipinski definition) is 0. The Bertz CT molecular complexity index is 2730. The van der Waals surface area contributed by atoms with E-state index in [2.05, 4.69) is 91.0 Å². The summed E-state index contributed by atoms with van der Waals surface area (Å²) in [5.74, 6) is 1.91. The maximum atomic E-state index is 6.84. The predicted octanol–water partition coefficient (Wildman–Crippen LogP) is 11.3. The van der Waals surface area contributed by atoms with E-state index in [4.69, 9.17) is 19.4 Å². The van der Waals surface area contributed by atoms with E-state index in [9.17, 15) is 0 Å². The number of hydrogen-bond acceptors (Lipinski definition) is 4. The van der Waals surface area contributed by atoms with E-state index in [0.717, 1.165) is 44.4 Å². The molecule has 0 bridgehead atoms. The molecule has 47 heavy (non-hydrogen) atoms. The summed E-state index contributed by atoms with van der Waals surface area (Å²) < 4.78 is 6.84. The molecule has 0 saturated carbocycles. The summed E-state index contributed by atoms with van der Waals surface area (Å²) in [5, 5.41) is 9.64. The van der Waals surface area contributed by atoms with E-state index in [1.165, 1.54) is 37.7 Å². The Morgan fingerprint density at radius 1 is 0.340 bits per heavy atom. The summed E-state index contributed by atoms with van der Waals surface area (Å²) in [6.07, 6.45) is 0. The van der Waals surface area contributed by atoms with Gasteiger partial charge in [0.2, 0.25) is 0 Å². The third-order valence-electron chi connectivity index (χ3n) is 9.25. The van der Waals surface area contributed by atoms with Crippen LogP contribution in [0, 0.1) is 0 Å². The zero-order valence-electron chi connectivity index (χ0n) is 25.2. The molecule has 0 radical (unpaired) electrons. The number of aromatic nitrogens is 3. The highest BCUT2D eigenvalue weighted by molar-refractivity contribution is 6.40. The van der Waals surface area contributed by atoms with Crippen LogP contribution in [0.25, 0.3) is 99.5 Å². The van der Waals surface area contributed by atoms with Crippen LogP contribution in [-0.2, 0) is 0 Å². The average Bonchev–Trinajstić information content (AvgIpc) is 3.54. The molecule has 10 aromatic rings. The smallest absolute Gasteiger partial charge is 0.164 e. The Morgan fingerprint density at radius 3 is 1.49 bits per heavy atom. The molecule has 218 valence electrons. The molecular weight excluding hydrogens is 574 g/mol. The predicted molar refractivity (Wildman–Crippen MR) is 193 cm³/mol. The normalized spacial score (nSPS) is 11.8. The van der Waals surface area contributed by atoms with Crippen molar-refractivity contribution >= 4 is 54.3 Å². The fourth-order valence-electron chi connectivity index (χ4n) is 7.22. The fraction of sp³-hybridized carbons (Fsp3) is 0. The van der Waals surface area contributed by atoms with Crippen LogP contribution in [0.15, 0.2) is 156 Å². The van der Waals surface area contributed by atoms with Gasteiger partial charge in [0.05, 0.1) is 0 Å². The largest absolute Gasteiger partial charge is 0.455 e. The van der Waals surface area contributed by atoms with Gasteiger partial charge < -0.3 is 4.42 Å². The number of furan rings is 1. The minimum atomic E-state index is 0.624. The summed E-state index contributed by atoms with van der Waals surface area (Å²) in [6.45, 7) is 0. The van der Waals surface area contributed by atoms with E-state index in [1.54, 1.807) is 0 Å². The molecular formula is C43H25N3O. The van der Waals surface area contributed by atoms with Crippen molar-refractivity contribution in [3.8, 4) is 45.3 Å². The molecule has 4 nitrogen and oxygen atoms in total. The molecule has 0 atom stereocenters. The molecule has 0 unspecified atom stereocenters. The van der Waals surface area contributed by atoms with E-state index < -0.39 is 0 Å². The molecule has 4 heteroatoms. The fourth-order valence-corrected chi connectivity index (χ4v) is 7.22. The first-order chi connectivity index (χ1) is 23.3. The van der Waals surface area contributed by atoms with Gasteiger partial charge in [-0.3, -0.25) is 0 Å². The van der Waals surface area contributed by atoms with Crippen LogP contribution in [0.3, 0.4) is 0 Å². The van der Waals surface area contributed by atoms with E-state index in [-0.39, 0.29) is 0 Å². The Hall–Kier alpha value is -6.39. The second-order valence-electron chi connectivity index (χ2n) is 11.9. The number of nitrogens with zero attached hydrogens (tertiary/aromatic N) is 3. The average molecular weight is 600 g/mol. The number of rotatable bonds is 4. The van der Waals surface area contributed by atoms with Crippen LogP contribution in [0.1, 0.15) is 0 Å². The zero-order valence-corrected chi connectivity index (χ0v) is 25.2. The molecule has 0 spiro atoms. The standard InChI is InChI=1S/C43H25N3O/c1-3-13-26(14-4-1)41-44-42(27-15-5-2-6-16-27)46-43(45-41)29-18-11-17-28(25-29)36-33-21-9-10-22-34(33)37-31-20-8-7-19-30(31)32-23-12-24-35-38(32)39(37)40(36)47-35/h1-25H. The van der Waals surface area contributed by atoms with Crippen molar-refractivity contribution in [2.75, 3.05) is 0 Å². The molecule has 0 saturated heterocycles. The van der Waals surface area contributed by atoms with Gasteiger partial charge in [-0.25, -0.2) is 15.0 Å². The first-order valence-electron chi connectivity index (χ1n) is 15.8. The molecule has 0 aliphatic carbocycles. The Morgan fingerprint density at radius 2 is 0.809 bits per heavy atom. The van der Waals surface area contributed by atoms with Crippen LogP contribution in [0.2, 0.25) is 0 Å². The topological polar surface area (TPSA) is 51.8 Å². The summed E-state index contributed by atoms with van der Waals surface area (Å²) >= 11 is 0. The molecule has 10 rings (SSSR count). The van der Waals surface area contributed by atoms with Gasteiger partial charge in [0.25, 0.3) is 0 Å². The lowest BCUT2D eigenvalue weighted by molar-refractivity contribution is 0.671. The number of benzene rings is 8. The molecule has 2 heterocycles. The Balaban J connectivity index is 1.26. The van der Waals surface area contributed by atoms with Crippen LogP contribution >= 0.6 is 0 Å². The van der Waals surface area contributed by atoms with Crippen molar-refractivity contribution in [3.63, 3.8) is 0 Å². The summed E-state index contributed by atoms with van der Waals surface area (Å²) in [7, 11) is 0. The highest BCUT2D eigenvalue weighted by Gasteiger charge is 2.24. The van der Waals surface area contributed by atoms with E-state index >= 15 is 0 Å². The van der Waals surface area contributed by atoms with Gasteiger partial charge in [-0.05, 0) is 44.6 Å². The van der Waals surface area contributed by atoms with Gasteiger partial charge >= 0.3 is 0 Å². The third-order valence-corrected chi connectivity index (χ3v) is 9.25. The molecule has 0 aliphatic heterocycles. The first-order valence-corrected chi connectivity index (χ1v) is 15.8. The second kappa shape index (κ2) is 10.1. The van der Waals surface area contributed by atoms with Crippen LogP contribution in [0.5, 0.6) is 0 Å².